The first-order chi connectivity index (χ1) is 18.8. The summed E-state index contributed by atoms with van der Waals surface area (Å²) in [6.07, 6.45) is 6.05. The lowest BCUT2D eigenvalue weighted by atomic mass is 9.95. The number of aromatic hydroxyl groups is 1. The van der Waals surface area contributed by atoms with Crippen molar-refractivity contribution in [1.82, 2.24) is 5.32 Å². The molecule has 0 fully saturated rings. The van der Waals surface area contributed by atoms with E-state index in [1.807, 2.05) is 18.4 Å². The number of rotatable bonds is 8. The molecular weight excluding hydrogens is 518 g/mol. The second-order valence-corrected chi connectivity index (χ2v) is 9.67. The number of phenols is 1. The molecule has 8 nitrogen and oxygen atoms in total. The molecule has 0 bridgehead atoms. The van der Waals surface area contributed by atoms with Gasteiger partial charge in [-0.2, -0.15) is 0 Å². The minimum Gasteiger partial charge on any atom is -0.504 e. The minimum absolute atomic E-state index is 0.0170. The summed E-state index contributed by atoms with van der Waals surface area (Å²) in [7, 11) is 6.15. The highest BCUT2D eigenvalue weighted by molar-refractivity contribution is 7.98. The highest BCUT2D eigenvalue weighted by Crippen LogP contribution is 2.50. The lowest BCUT2D eigenvalue weighted by Gasteiger charge is -2.19. The van der Waals surface area contributed by atoms with Crippen molar-refractivity contribution in [2.24, 2.45) is 0 Å². The Morgan fingerprint density at radius 1 is 0.974 bits per heavy atom. The van der Waals surface area contributed by atoms with Gasteiger partial charge in [0.15, 0.2) is 28.4 Å². The number of carbonyl (C=O) groups excluding carboxylic acids is 1. The fourth-order valence-electron chi connectivity index (χ4n) is 4.81. The van der Waals surface area contributed by atoms with E-state index in [-0.39, 0.29) is 17.1 Å². The summed E-state index contributed by atoms with van der Waals surface area (Å²) >= 11 is 1.37. The molecule has 0 aromatic heterocycles. The van der Waals surface area contributed by atoms with Gasteiger partial charge in [0, 0.05) is 11.6 Å². The smallest absolute Gasteiger partial charge is 0.244 e. The Bertz CT molecular complexity index is 1490. The van der Waals surface area contributed by atoms with E-state index in [4.69, 9.17) is 18.9 Å². The van der Waals surface area contributed by atoms with E-state index in [9.17, 15) is 14.7 Å². The van der Waals surface area contributed by atoms with Crippen LogP contribution >= 0.6 is 11.8 Å². The zero-order chi connectivity index (χ0) is 28.1. The number of hydrogen-bond donors (Lipinski definition) is 2. The second kappa shape index (κ2) is 12.2. The number of carbonyl (C=O) groups is 1. The van der Waals surface area contributed by atoms with Gasteiger partial charge in [-0.1, -0.05) is 12.1 Å². The van der Waals surface area contributed by atoms with E-state index >= 15 is 0 Å². The van der Waals surface area contributed by atoms with Gasteiger partial charge in [-0.15, -0.1) is 11.8 Å². The largest absolute Gasteiger partial charge is 0.504 e. The third-order valence-electron chi connectivity index (χ3n) is 6.67. The van der Waals surface area contributed by atoms with Gasteiger partial charge in [0.1, 0.15) is 0 Å². The van der Waals surface area contributed by atoms with E-state index < -0.39 is 6.04 Å². The molecule has 3 aromatic rings. The van der Waals surface area contributed by atoms with Crippen molar-refractivity contribution in [3.8, 4) is 39.9 Å². The molecule has 0 heterocycles. The van der Waals surface area contributed by atoms with Crippen LogP contribution in [-0.2, 0) is 11.2 Å². The molecule has 0 radical (unpaired) electrons. The van der Waals surface area contributed by atoms with Crippen molar-refractivity contribution in [2.45, 2.75) is 23.8 Å². The lowest BCUT2D eigenvalue weighted by molar-refractivity contribution is -0.117. The molecule has 0 unspecified atom stereocenters. The number of ether oxygens (including phenoxy) is 4. The molecule has 2 N–H and O–H groups in total. The fourth-order valence-corrected chi connectivity index (χ4v) is 5.27. The average Bonchev–Trinajstić information content (AvgIpc) is 3.19. The number of nitrogens with one attached hydrogen (secondary N) is 1. The number of thioether (sulfide) groups is 1. The first-order valence-electron chi connectivity index (χ1n) is 12.2. The molecule has 0 spiro atoms. The van der Waals surface area contributed by atoms with E-state index in [1.165, 1.54) is 31.0 Å². The summed E-state index contributed by atoms with van der Waals surface area (Å²) in [6.45, 7) is 0. The van der Waals surface area contributed by atoms with Gasteiger partial charge in [-0.25, -0.2) is 0 Å². The number of fused-ring (bicyclic) bond motifs is 3. The van der Waals surface area contributed by atoms with Crippen molar-refractivity contribution in [2.75, 3.05) is 34.7 Å². The molecule has 1 aliphatic rings. The maximum absolute atomic E-state index is 13.1. The number of methoxy groups -OCH3 is 4. The van der Waals surface area contributed by atoms with Gasteiger partial charge in [-0.3, -0.25) is 9.59 Å². The van der Waals surface area contributed by atoms with Crippen LogP contribution in [0.25, 0.3) is 17.2 Å². The molecule has 0 saturated carbocycles. The quantitative estimate of drug-likeness (QED) is 0.299. The molecule has 1 aliphatic carbocycles. The predicted octanol–water partition coefficient (Wildman–Crippen LogP) is 4.99. The zero-order valence-electron chi connectivity index (χ0n) is 22.5. The topological polar surface area (TPSA) is 103 Å². The maximum Gasteiger partial charge on any atom is 0.244 e. The number of phenolic OH excluding ortho intramolecular Hbond substituents is 1. The Morgan fingerprint density at radius 3 is 2.38 bits per heavy atom. The van der Waals surface area contributed by atoms with Crippen molar-refractivity contribution in [1.29, 1.82) is 0 Å². The SMILES string of the molecule is COc1cc(/C=C/C(=O)N[C@H]2CCc3cc(OC)c(OC)c(OC)c3-c3ccc(SC)c(=O)cc32)ccc1O. The van der Waals surface area contributed by atoms with Gasteiger partial charge in [0.05, 0.1) is 39.4 Å². The first-order valence-corrected chi connectivity index (χ1v) is 13.5. The minimum atomic E-state index is -0.449. The van der Waals surface area contributed by atoms with Crippen LogP contribution in [0.15, 0.2) is 58.2 Å². The van der Waals surface area contributed by atoms with Crippen molar-refractivity contribution in [3.63, 3.8) is 0 Å². The van der Waals surface area contributed by atoms with E-state index in [2.05, 4.69) is 5.32 Å². The van der Waals surface area contributed by atoms with Crippen LogP contribution in [0.1, 0.15) is 29.2 Å². The molecule has 1 amide bonds. The molecule has 4 rings (SSSR count). The Labute approximate surface area is 231 Å². The van der Waals surface area contributed by atoms with Crippen molar-refractivity contribution < 1.29 is 28.8 Å². The van der Waals surface area contributed by atoms with Crippen LogP contribution in [0, 0.1) is 0 Å². The Morgan fingerprint density at radius 2 is 1.72 bits per heavy atom. The van der Waals surface area contributed by atoms with Crippen LogP contribution in [0.4, 0.5) is 0 Å². The summed E-state index contributed by atoms with van der Waals surface area (Å²) in [6, 6.07) is 11.6. The molecule has 0 saturated heterocycles. The number of hydrogen-bond acceptors (Lipinski definition) is 8. The van der Waals surface area contributed by atoms with Gasteiger partial charge >= 0.3 is 0 Å². The van der Waals surface area contributed by atoms with Crippen LogP contribution in [0.2, 0.25) is 0 Å². The van der Waals surface area contributed by atoms with E-state index in [0.717, 1.165) is 16.7 Å². The number of benzene rings is 2. The monoisotopic (exact) mass is 549 g/mol. The molecule has 1 atom stereocenters. The fraction of sp³-hybridized carbons (Fsp3) is 0.267. The standard InChI is InChI=1S/C30H31NO7S/c1-35-24-14-17(6-11-22(24)32)7-13-27(34)31-21-10-8-18-15-25(36-2)29(37-3)30(38-4)28(18)19-9-12-26(39-5)23(33)16-20(19)21/h6-7,9,11-16,21,32H,8,10H2,1-5H3,(H,31,34)/b13-7+/t21-/m0/s1. The number of aryl methyl sites for hydroxylation is 1. The zero-order valence-corrected chi connectivity index (χ0v) is 23.3. The summed E-state index contributed by atoms with van der Waals surface area (Å²) in [5.41, 5.74) is 3.79. The molecule has 0 aliphatic heterocycles. The van der Waals surface area contributed by atoms with Gasteiger partial charge < -0.3 is 29.4 Å². The summed E-state index contributed by atoms with van der Waals surface area (Å²) < 4.78 is 22.2. The van der Waals surface area contributed by atoms with Crippen LogP contribution < -0.4 is 29.7 Å². The Kier molecular flexibility index (Phi) is 8.71. The highest BCUT2D eigenvalue weighted by atomic mass is 32.2. The van der Waals surface area contributed by atoms with Gasteiger partial charge in [-0.05, 0) is 77.8 Å². The van der Waals surface area contributed by atoms with Crippen molar-refractivity contribution in [3.05, 3.63) is 75.5 Å². The predicted molar refractivity (Wildman–Crippen MR) is 152 cm³/mol. The van der Waals surface area contributed by atoms with Crippen LogP contribution in [-0.4, -0.2) is 45.7 Å². The normalized spacial score (nSPS) is 14.1. The Balaban J connectivity index is 1.80. The van der Waals surface area contributed by atoms with E-state index in [0.29, 0.717) is 51.9 Å². The second-order valence-electron chi connectivity index (χ2n) is 8.82. The Hall–Kier alpha value is -4.11. The summed E-state index contributed by atoms with van der Waals surface area (Å²) in [5, 5.41) is 12.9. The summed E-state index contributed by atoms with van der Waals surface area (Å²) in [5.74, 6) is 1.51. The molecule has 39 heavy (non-hydrogen) atoms. The third kappa shape index (κ3) is 5.68. The van der Waals surface area contributed by atoms with Crippen LogP contribution in [0.5, 0.6) is 28.7 Å². The summed E-state index contributed by atoms with van der Waals surface area (Å²) in [4.78, 5) is 26.8. The van der Waals surface area contributed by atoms with Gasteiger partial charge in [0.25, 0.3) is 0 Å². The van der Waals surface area contributed by atoms with Crippen molar-refractivity contribution >= 4 is 23.7 Å². The average molecular weight is 550 g/mol. The maximum atomic E-state index is 13.1. The van der Waals surface area contributed by atoms with E-state index in [1.54, 1.807) is 51.7 Å². The molecule has 9 heteroatoms. The molecular formula is C30H31NO7S. The lowest BCUT2D eigenvalue weighted by Crippen LogP contribution is -2.27. The first kappa shape index (κ1) is 27.9. The highest BCUT2D eigenvalue weighted by Gasteiger charge is 2.29. The third-order valence-corrected chi connectivity index (χ3v) is 7.45. The molecule has 3 aromatic carbocycles. The molecule has 204 valence electrons. The van der Waals surface area contributed by atoms with Crippen LogP contribution in [0.3, 0.4) is 0 Å². The number of amides is 1. The van der Waals surface area contributed by atoms with Gasteiger partial charge in [0.2, 0.25) is 11.7 Å².